The summed E-state index contributed by atoms with van der Waals surface area (Å²) in [4.78, 5) is 26.7. The summed E-state index contributed by atoms with van der Waals surface area (Å²) < 4.78 is 101. The van der Waals surface area contributed by atoms with Gasteiger partial charge in [0.1, 0.15) is 5.75 Å². The predicted octanol–water partition coefficient (Wildman–Crippen LogP) is 6.08. The molecular formula is C24H29ClO4. The first-order valence-corrected chi connectivity index (χ1v) is 9.27. The molecule has 4 nitrogen and oxygen atoms in total. The zero-order valence-electron chi connectivity index (χ0n) is 27.8. The maximum absolute atomic E-state index is 13.5. The van der Waals surface area contributed by atoms with Crippen LogP contribution in [0.15, 0.2) is 36.3 Å². The molecule has 0 saturated heterocycles. The topological polar surface area (TPSA) is 52.6 Å². The van der Waals surface area contributed by atoms with Crippen molar-refractivity contribution in [3.63, 3.8) is 0 Å². The lowest BCUT2D eigenvalue weighted by Gasteiger charge is -2.29. The summed E-state index contributed by atoms with van der Waals surface area (Å²) in [6.07, 6.45) is -3.53. The van der Waals surface area contributed by atoms with Crippen LogP contribution >= 0.6 is 11.6 Å². The van der Waals surface area contributed by atoms with Gasteiger partial charge < -0.3 is 9.47 Å². The standard InChI is InChI=1S/C24H29ClO4/c1-7-17(5)28-23(27)24(6,8-2)29-19-10-11-20(15(3)14-19)22(26)18-9-12-21(25)16(4)13-18/h9-14,17H,7-8H2,1-6H3/i6D3,8D2,9D,10D,11D,12D,13D,14D. The second-order valence-electron chi connectivity index (χ2n) is 6.38. The number of ether oxygens (including phenoxy) is 2. The van der Waals surface area contributed by atoms with Crippen LogP contribution in [-0.2, 0) is 9.53 Å². The van der Waals surface area contributed by atoms with Crippen molar-refractivity contribution < 1.29 is 34.1 Å². The van der Waals surface area contributed by atoms with Crippen LogP contribution in [0.4, 0.5) is 0 Å². The Morgan fingerprint density at radius 2 is 1.93 bits per heavy atom. The first kappa shape index (κ1) is 11.8. The molecule has 0 aromatic heterocycles. The van der Waals surface area contributed by atoms with Crippen molar-refractivity contribution in [2.24, 2.45) is 0 Å². The van der Waals surface area contributed by atoms with Crippen LogP contribution in [0.5, 0.6) is 5.75 Å². The zero-order valence-corrected chi connectivity index (χ0v) is 17.6. The Bertz CT molecular complexity index is 1290. The van der Waals surface area contributed by atoms with Gasteiger partial charge in [0.15, 0.2) is 5.78 Å². The quantitative estimate of drug-likeness (QED) is 0.378. The second kappa shape index (κ2) is 9.45. The Morgan fingerprint density at radius 3 is 2.55 bits per heavy atom. The first-order valence-electron chi connectivity index (χ1n) is 14.4. The van der Waals surface area contributed by atoms with E-state index in [0.29, 0.717) is 0 Å². The highest BCUT2D eigenvalue weighted by atomic mass is 35.5. The van der Waals surface area contributed by atoms with Crippen LogP contribution in [-0.4, -0.2) is 23.5 Å². The number of hydrogen-bond donors (Lipinski definition) is 0. The van der Waals surface area contributed by atoms with Gasteiger partial charge in [0.05, 0.1) is 14.3 Å². The lowest BCUT2D eigenvalue weighted by Crippen LogP contribution is -2.43. The fourth-order valence-electron chi connectivity index (χ4n) is 2.18. The smallest absolute Gasteiger partial charge is 0.350 e. The minimum Gasteiger partial charge on any atom is -0.476 e. The van der Waals surface area contributed by atoms with Gasteiger partial charge in [0, 0.05) is 23.0 Å². The average molecular weight is 428 g/mol. The molecule has 0 amide bonds. The Balaban J connectivity index is 2.89. The molecule has 0 saturated carbocycles. The van der Waals surface area contributed by atoms with Crippen molar-refractivity contribution in [2.75, 3.05) is 0 Å². The number of carbonyl (C=O) groups excluding carboxylic acids is 2. The number of carbonyl (C=O) groups is 2. The molecule has 0 aliphatic carbocycles. The highest BCUT2D eigenvalue weighted by Crippen LogP contribution is 2.27. The van der Waals surface area contributed by atoms with Gasteiger partial charge in [0.2, 0.25) is 5.60 Å². The normalized spacial score (nSPS) is 20.4. The van der Waals surface area contributed by atoms with E-state index in [1.165, 1.54) is 20.8 Å². The average Bonchev–Trinajstić information content (AvgIpc) is 2.83. The molecule has 2 unspecified atom stereocenters. The Labute approximate surface area is 193 Å². The number of halogens is 1. The Hall–Kier alpha value is -2.33. The lowest BCUT2D eigenvalue weighted by atomic mass is 9.97. The van der Waals surface area contributed by atoms with Crippen LogP contribution in [0.1, 0.15) is 82.5 Å². The maximum atomic E-state index is 13.5. The van der Waals surface area contributed by atoms with Crippen LogP contribution in [0.3, 0.4) is 0 Å². The van der Waals surface area contributed by atoms with Crippen molar-refractivity contribution in [1.82, 2.24) is 0 Å². The van der Waals surface area contributed by atoms with Crippen molar-refractivity contribution in [1.29, 1.82) is 0 Å². The molecule has 2 aromatic carbocycles. The van der Waals surface area contributed by atoms with E-state index in [2.05, 4.69) is 0 Å². The summed E-state index contributed by atoms with van der Waals surface area (Å²) in [5, 5.41) is -0.209. The largest absolute Gasteiger partial charge is 0.476 e. The summed E-state index contributed by atoms with van der Waals surface area (Å²) in [7, 11) is 0. The van der Waals surface area contributed by atoms with Gasteiger partial charge in [-0.2, -0.15) is 0 Å². The number of benzene rings is 2. The molecule has 0 spiro atoms. The van der Waals surface area contributed by atoms with Gasteiger partial charge in [-0.05, 0) is 87.8 Å². The molecule has 156 valence electrons. The van der Waals surface area contributed by atoms with Crippen LogP contribution in [0.2, 0.25) is 5.02 Å². The summed E-state index contributed by atoms with van der Waals surface area (Å²) in [5.74, 6) is -3.68. The SMILES string of the molecule is [2H]c1c([2H])c(C(=O)c2c([2H])c([2H])c(OC(C(=O)OC(C)CC)(C([2H])([2H])[2H])C([2H])([2H])C)c([2H])c2C)c([2H])c(C)c1Cl. The molecule has 0 radical (unpaired) electrons. The van der Waals surface area contributed by atoms with Crippen LogP contribution < -0.4 is 4.74 Å². The number of rotatable bonds is 8. The number of hydrogen-bond acceptors (Lipinski definition) is 4. The van der Waals surface area contributed by atoms with Crippen LogP contribution in [0.25, 0.3) is 0 Å². The van der Waals surface area contributed by atoms with E-state index in [1.54, 1.807) is 6.92 Å². The van der Waals surface area contributed by atoms with Gasteiger partial charge >= 0.3 is 5.97 Å². The Kier molecular flexibility index (Phi) is 3.83. The van der Waals surface area contributed by atoms with Crippen molar-refractivity contribution in [3.05, 3.63) is 63.5 Å². The van der Waals surface area contributed by atoms with Gasteiger partial charge in [-0.1, -0.05) is 25.4 Å². The van der Waals surface area contributed by atoms with Gasteiger partial charge in [-0.15, -0.1) is 0 Å². The van der Waals surface area contributed by atoms with Crippen molar-refractivity contribution in [3.8, 4) is 5.75 Å². The molecule has 0 aliphatic rings. The third-order valence-corrected chi connectivity index (χ3v) is 4.53. The molecule has 0 N–H and O–H groups in total. The molecule has 0 fully saturated rings. The summed E-state index contributed by atoms with van der Waals surface area (Å²) in [6.45, 7) is 2.87. The first-order chi connectivity index (χ1) is 18.1. The number of esters is 1. The molecule has 0 aliphatic heterocycles. The summed E-state index contributed by atoms with van der Waals surface area (Å²) in [6, 6.07) is -4.42. The van der Waals surface area contributed by atoms with Gasteiger partial charge in [-0.25, -0.2) is 4.79 Å². The van der Waals surface area contributed by atoms with E-state index in [0.717, 1.165) is 6.92 Å². The van der Waals surface area contributed by atoms with E-state index in [9.17, 15) is 9.59 Å². The highest BCUT2D eigenvalue weighted by molar-refractivity contribution is 6.31. The third-order valence-electron chi connectivity index (χ3n) is 4.15. The second-order valence-corrected chi connectivity index (χ2v) is 6.76. The van der Waals surface area contributed by atoms with E-state index >= 15 is 0 Å². The maximum Gasteiger partial charge on any atom is 0.350 e. The van der Waals surface area contributed by atoms with Gasteiger partial charge in [-0.3, -0.25) is 4.79 Å². The lowest BCUT2D eigenvalue weighted by molar-refractivity contribution is -0.166. The minimum atomic E-state index is -3.52. The monoisotopic (exact) mass is 427 g/mol. The molecule has 2 rings (SSSR count). The Morgan fingerprint density at radius 1 is 1.21 bits per heavy atom. The van der Waals surface area contributed by atoms with E-state index in [-0.39, 0.29) is 22.6 Å². The van der Waals surface area contributed by atoms with Crippen LogP contribution in [0, 0.1) is 13.8 Å². The third kappa shape index (κ3) is 5.39. The molecule has 5 heteroatoms. The van der Waals surface area contributed by atoms with E-state index in [1.807, 2.05) is 0 Å². The molecule has 29 heavy (non-hydrogen) atoms. The summed E-state index contributed by atoms with van der Waals surface area (Å²) in [5.41, 5.74) is -4.85. The zero-order chi connectivity index (χ0) is 31.3. The van der Waals surface area contributed by atoms with Gasteiger partial charge in [0.25, 0.3) is 0 Å². The minimum absolute atomic E-state index is 0.0276. The van der Waals surface area contributed by atoms with E-state index < -0.39 is 89.8 Å². The fraction of sp³-hybridized carbons (Fsp3) is 0.417. The molecular weight excluding hydrogens is 388 g/mol. The fourth-order valence-corrected chi connectivity index (χ4v) is 2.27. The van der Waals surface area contributed by atoms with E-state index in [4.69, 9.17) is 36.2 Å². The number of ketones is 1. The molecule has 2 atom stereocenters. The molecule has 0 bridgehead atoms. The summed E-state index contributed by atoms with van der Waals surface area (Å²) >= 11 is 5.98. The van der Waals surface area contributed by atoms with Crippen molar-refractivity contribution >= 4 is 23.4 Å². The molecule has 2 aromatic rings. The predicted molar refractivity (Wildman–Crippen MR) is 116 cm³/mol. The molecule has 0 heterocycles. The highest BCUT2D eigenvalue weighted by Gasteiger charge is 2.36. The van der Waals surface area contributed by atoms with Crippen molar-refractivity contribution in [2.45, 2.75) is 66.0 Å².